The number of hydrogen-bond acceptors (Lipinski definition) is 4. The van der Waals surface area contributed by atoms with Gasteiger partial charge in [-0.15, -0.1) is 0 Å². The van der Waals surface area contributed by atoms with Crippen LogP contribution in [-0.2, 0) is 11.3 Å². The van der Waals surface area contributed by atoms with Gasteiger partial charge in [-0.3, -0.25) is 0 Å². The Kier molecular flexibility index (Phi) is 4.76. The molecule has 1 aliphatic rings. The summed E-state index contributed by atoms with van der Waals surface area (Å²) in [4.78, 5) is 11.5. The first-order valence-corrected chi connectivity index (χ1v) is 6.56. The molecule has 0 aromatic heterocycles. The molecule has 0 aliphatic carbocycles. The number of benzene rings is 1. The molecule has 19 heavy (non-hydrogen) atoms. The highest BCUT2D eigenvalue weighted by Crippen LogP contribution is 2.16. The normalized spacial score (nSPS) is 17.7. The minimum Gasteiger partial charge on any atom is -0.445 e. The Balaban J connectivity index is 1.70. The smallest absolute Gasteiger partial charge is 0.407 e. The average molecular weight is 264 g/mol. The van der Waals surface area contributed by atoms with Crippen LogP contribution in [0.25, 0.3) is 0 Å². The maximum absolute atomic E-state index is 11.5. The topological polar surface area (TPSA) is 70.6 Å². The van der Waals surface area contributed by atoms with E-state index in [1.165, 1.54) is 0 Å². The molecular formula is C14H20N2O3. The van der Waals surface area contributed by atoms with Gasteiger partial charge in [0.2, 0.25) is 0 Å². The zero-order chi connectivity index (χ0) is 13.6. The van der Waals surface area contributed by atoms with Crippen molar-refractivity contribution in [2.45, 2.75) is 25.0 Å². The molecular weight excluding hydrogens is 244 g/mol. The van der Waals surface area contributed by atoms with Crippen molar-refractivity contribution < 1.29 is 14.6 Å². The Morgan fingerprint density at radius 3 is 2.68 bits per heavy atom. The Hall–Kier alpha value is -1.59. The third-order valence-electron chi connectivity index (χ3n) is 3.31. The van der Waals surface area contributed by atoms with Crippen LogP contribution in [0.4, 0.5) is 4.79 Å². The van der Waals surface area contributed by atoms with Crippen LogP contribution in [0.5, 0.6) is 0 Å². The Labute approximate surface area is 113 Å². The number of nitrogens with one attached hydrogen (secondary N) is 2. The molecule has 0 radical (unpaired) electrons. The van der Waals surface area contributed by atoms with E-state index in [4.69, 9.17) is 4.74 Å². The first kappa shape index (κ1) is 13.8. The zero-order valence-electron chi connectivity index (χ0n) is 10.9. The monoisotopic (exact) mass is 264 g/mol. The molecule has 1 heterocycles. The Morgan fingerprint density at radius 1 is 1.32 bits per heavy atom. The lowest BCUT2D eigenvalue weighted by atomic mass is 9.92. The lowest BCUT2D eigenvalue weighted by molar-refractivity contribution is 0.0102. The van der Waals surface area contributed by atoms with Crippen molar-refractivity contribution in [1.82, 2.24) is 10.6 Å². The van der Waals surface area contributed by atoms with Crippen molar-refractivity contribution in [3.05, 3.63) is 35.9 Å². The van der Waals surface area contributed by atoms with Gasteiger partial charge >= 0.3 is 6.09 Å². The molecule has 5 nitrogen and oxygen atoms in total. The van der Waals surface area contributed by atoms with Crippen LogP contribution in [0.15, 0.2) is 30.3 Å². The van der Waals surface area contributed by atoms with Crippen molar-refractivity contribution in [2.24, 2.45) is 0 Å². The maximum atomic E-state index is 11.5. The minimum atomic E-state index is -0.809. The van der Waals surface area contributed by atoms with E-state index in [1.807, 2.05) is 30.3 Å². The van der Waals surface area contributed by atoms with Gasteiger partial charge in [0.1, 0.15) is 6.61 Å². The van der Waals surface area contributed by atoms with E-state index in [0.29, 0.717) is 12.8 Å². The van der Waals surface area contributed by atoms with Crippen LogP contribution >= 0.6 is 0 Å². The van der Waals surface area contributed by atoms with Gasteiger partial charge < -0.3 is 20.5 Å². The molecule has 1 aromatic rings. The number of amides is 1. The summed E-state index contributed by atoms with van der Waals surface area (Å²) in [7, 11) is 0. The van der Waals surface area contributed by atoms with Gasteiger partial charge in [-0.2, -0.15) is 0 Å². The summed E-state index contributed by atoms with van der Waals surface area (Å²) in [6.07, 6.45) is 0.800. The number of alkyl carbamates (subject to hydrolysis) is 1. The largest absolute Gasteiger partial charge is 0.445 e. The number of rotatable bonds is 4. The molecule has 1 fully saturated rings. The lowest BCUT2D eigenvalue weighted by Crippen LogP contribution is -2.49. The third-order valence-corrected chi connectivity index (χ3v) is 3.31. The lowest BCUT2D eigenvalue weighted by Gasteiger charge is -2.32. The van der Waals surface area contributed by atoms with Crippen molar-refractivity contribution in [3.63, 3.8) is 0 Å². The summed E-state index contributed by atoms with van der Waals surface area (Å²) >= 11 is 0. The van der Waals surface area contributed by atoms with E-state index in [1.54, 1.807) is 0 Å². The SMILES string of the molecule is O=C(NCC1(O)CCNCC1)OCc1ccccc1. The summed E-state index contributed by atoms with van der Waals surface area (Å²) in [6, 6.07) is 9.50. The average Bonchev–Trinajstić information content (AvgIpc) is 2.45. The molecule has 0 saturated carbocycles. The number of ether oxygens (including phenoxy) is 1. The predicted octanol–water partition coefficient (Wildman–Crippen LogP) is 1.03. The summed E-state index contributed by atoms with van der Waals surface area (Å²) in [6.45, 7) is 2.03. The number of carbonyl (C=O) groups excluding carboxylic acids is 1. The first-order chi connectivity index (χ1) is 9.18. The minimum absolute atomic E-state index is 0.238. The molecule has 3 N–H and O–H groups in total. The van der Waals surface area contributed by atoms with Crippen LogP contribution in [0.1, 0.15) is 18.4 Å². The molecule has 1 aliphatic heterocycles. The first-order valence-electron chi connectivity index (χ1n) is 6.56. The van der Waals surface area contributed by atoms with Crippen molar-refractivity contribution in [1.29, 1.82) is 0 Å². The second kappa shape index (κ2) is 6.54. The van der Waals surface area contributed by atoms with E-state index >= 15 is 0 Å². The van der Waals surface area contributed by atoms with Crippen LogP contribution in [0.3, 0.4) is 0 Å². The maximum Gasteiger partial charge on any atom is 0.407 e. The number of piperidine rings is 1. The van der Waals surface area contributed by atoms with Crippen molar-refractivity contribution in [3.8, 4) is 0 Å². The second-order valence-corrected chi connectivity index (χ2v) is 4.89. The molecule has 0 spiro atoms. The van der Waals surface area contributed by atoms with E-state index in [9.17, 15) is 9.90 Å². The molecule has 5 heteroatoms. The number of aliphatic hydroxyl groups is 1. The molecule has 1 aromatic carbocycles. The summed E-state index contributed by atoms with van der Waals surface area (Å²) in [5, 5.41) is 16.0. The molecule has 1 amide bonds. The highest BCUT2D eigenvalue weighted by atomic mass is 16.5. The van der Waals surface area contributed by atoms with Crippen LogP contribution < -0.4 is 10.6 Å². The fourth-order valence-electron chi connectivity index (χ4n) is 2.08. The van der Waals surface area contributed by atoms with Gasteiger partial charge in [0.25, 0.3) is 0 Å². The van der Waals surface area contributed by atoms with Crippen LogP contribution in [0.2, 0.25) is 0 Å². The van der Waals surface area contributed by atoms with Gasteiger partial charge in [0.15, 0.2) is 0 Å². The van der Waals surface area contributed by atoms with Gasteiger partial charge in [0.05, 0.1) is 5.60 Å². The summed E-state index contributed by atoms with van der Waals surface area (Å²) in [5.74, 6) is 0. The van der Waals surface area contributed by atoms with E-state index < -0.39 is 11.7 Å². The number of hydrogen-bond donors (Lipinski definition) is 3. The molecule has 0 unspecified atom stereocenters. The predicted molar refractivity (Wildman–Crippen MR) is 71.7 cm³/mol. The fourth-order valence-corrected chi connectivity index (χ4v) is 2.08. The standard InChI is InChI=1S/C14H20N2O3/c17-13(19-10-12-4-2-1-3-5-12)16-11-14(18)6-8-15-9-7-14/h1-5,15,18H,6-11H2,(H,16,17). The van der Waals surface area contributed by atoms with Crippen molar-refractivity contribution in [2.75, 3.05) is 19.6 Å². The van der Waals surface area contributed by atoms with Gasteiger partial charge in [-0.1, -0.05) is 30.3 Å². The highest BCUT2D eigenvalue weighted by Gasteiger charge is 2.29. The van der Waals surface area contributed by atoms with Gasteiger partial charge in [-0.25, -0.2) is 4.79 Å². The number of carbonyl (C=O) groups is 1. The van der Waals surface area contributed by atoms with E-state index in [2.05, 4.69) is 10.6 Å². The zero-order valence-corrected chi connectivity index (χ0v) is 10.9. The van der Waals surface area contributed by atoms with Crippen LogP contribution in [-0.4, -0.2) is 36.4 Å². The molecule has 1 saturated heterocycles. The highest BCUT2D eigenvalue weighted by molar-refractivity contribution is 5.67. The molecule has 104 valence electrons. The second-order valence-electron chi connectivity index (χ2n) is 4.89. The summed E-state index contributed by atoms with van der Waals surface area (Å²) in [5.41, 5.74) is 0.134. The molecule has 2 rings (SSSR count). The van der Waals surface area contributed by atoms with Gasteiger partial charge in [0, 0.05) is 6.54 Å². The van der Waals surface area contributed by atoms with E-state index in [-0.39, 0.29) is 13.2 Å². The Morgan fingerprint density at radius 2 is 2.00 bits per heavy atom. The molecule has 0 atom stereocenters. The van der Waals surface area contributed by atoms with Crippen LogP contribution in [0, 0.1) is 0 Å². The summed E-state index contributed by atoms with van der Waals surface area (Å²) < 4.78 is 5.09. The third kappa shape index (κ3) is 4.54. The van der Waals surface area contributed by atoms with Crippen molar-refractivity contribution >= 4 is 6.09 Å². The van der Waals surface area contributed by atoms with Gasteiger partial charge in [-0.05, 0) is 31.5 Å². The Bertz CT molecular complexity index is 402. The fraction of sp³-hybridized carbons (Fsp3) is 0.500. The van der Waals surface area contributed by atoms with E-state index in [0.717, 1.165) is 18.7 Å². The molecule has 0 bridgehead atoms. The quantitative estimate of drug-likeness (QED) is 0.759.